The number of nitrogens with zero attached hydrogens (tertiary/aromatic N) is 3. The Hall–Kier alpha value is -2.66. The van der Waals surface area contributed by atoms with Crippen molar-refractivity contribution in [2.45, 2.75) is 25.9 Å². The van der Waals surface area contributed by atoms with Crippen LogP contribution >= 0.6 is 35.1 Å². The fourth-order valence-corrected chi connectivity index (χ4v) is 3.86. The minimum atomic E-state index is -0.384. The zero-order chi connectivity index (χ0) is 23.8. The summed E-state index contributed by atoms with van der Waals surface area (Å²) in [4.78, 5) is 8.43. The van der Waals surface area contributed by atoms with Crippen molar-refractivity contribution in [2.75, 3.05) is 23.5 Å². The Bertz CT molecular complexity index is 1130. The normalized spacial score (nSPS) is 11.0. The Balaban J connectivity index is 1.76. The molecule has 1 N–H and O–H groups in total. The first-order chi connectivity index (χ1) is 15.9. The molecule has 6 nitrogen and oxygen atoms in total. The van der Waals surface area contributed by atoms with Crippen molar-refractivity contribution in [3.8, 4) is 17.7 Å². The van der Waals surface area contributed by atoms with E-state index >= 15 is 0 Å². The number of hydrogen-bond acceptors (Lipinski definition) is 7. The molecule has 33 heavy (non-hydrogen) atoms. The number of hydrogen-bond donors (Lipinski definition) is 1. The molecule has 3 rings (SSSR count). The summed E-state index contributed by atoms with van der Waals surface area (Å²) in [5.41, 5.74) is 3.01. The van der Waals surface area contributed by atoms with E-state index in [-0.39, 0.29) is 12.0 Å². The van der Waals surface area contributed by atoms with Gasteiger partial charge in [-0.1, -0.05) is 61.7 Å². The van der Waals surface area contributed by atoms with Gasteiger partial charge in [0.15, 0.2) is 5.75 Å². The zero-order valence-corrected chi connectivity index (χ0v) is 20.9. The molecule has 0 unspecified atom stereocenters. The van der Waals surface area contributed by atoms with Crippen LogP contribution in [-0.4, -0.2) is 28.7 Å². The summed E-state index contributed by atoms with van der Waals surface area (Å²) in [6.07, 6.45) is 3.55. The quantitative estimate of drug-likeness (QED) is 0.260. The third-order valence-electron chi connectivity index (χ3n) is 5.10. The Labute approximate surface area is 208 Å². The standard InChI is InChI=1S/C24H24Cl2N4O2S/c1-24(2,19-12-17(14-27)22(20(26)13-19)31-11-9-25)18-6-4-16(5-7-18)15-32-21-8-10-28-23(29-21)30-33-3/h4-8,10,12-13H,9,11,15H2,1-3H3,(H,28,29,30). The molecular weight excluding hydrogens is 479 g/mol. The lowest BCUT2D eigenvalue weighted by Gasteiger charge is -2.27. The molecule has 0 aliphatic heterocycles. The fraction of sp³-hybridized carbons (Fsp3) is 0.292. The zero-order valence-electron chi connectivity index (χ0n) is 18.6. The maximum absolute atomic E-state index is 9.59. The Morgan fingerprint density at radius 3 is 2.55 bits per heavy atom. The summed E-state index contributed by atoms with van der Waals surface area (Å²) in [6.45, 7) is 4.84. The molecule has 0 fully saturated rings. The van der Waals surface area contributed by atoms with Gasteiger partial charge in [-0.3, -0.25) is 4.72 Å². The van der Waals surface area contributed by atoms with Gasteiger partial charge in [0.1, 0.15) is 19.3 Å². The van der Waals surface area contributed by atoms with E-state index in [0.717, 1.165) is 16.7 Å². The van der Waals surface area contributed by atoms with Crippen LogP contribution in [0.3, 0.4) is 0 Å². The lowest BCUT2D eigenvalue weighted by atomic mass is 9.77. The molecule has 0 saturated carbocycles. The molecule has 0 aliphatic carbocycles. The second-order valence-electron chi connectivity index (χ2n) is 7.62. The van der Waals surface area contributed by atoms with Gasteiger partial charge in [-0.2, -0.15) is 10.2 Å². The number of nitriles is 1. The van der Waals surface area contributed by atoms with Crippen LogP contribution < -0.4 is 14.2 Å². The Morgan fingerprint density at radius 1 is 1.12 bits per heavy atom. The van der Waals surface area contributed by atoms with Crippen LogP contribution in [0.2, 0.25) is 5.02 Å². The highest BCUT2D eigenvalue weighted by molar-refractivity contribution is 7.99. The number of halogens is 2. The van der Waals surface area contributed by atoms with E-state index in [4.69, 9.17) is 32.7 Å². The molecule has 0 aliphatic rings. The van der Waals surface area contributed by atoms with E-state index in [0.29, 0.717) is 40.7 Å². The van der Waals surface area contributed by atoms with Gasteiger partial charge < -0.3 is 9.47 Å². The van der Waals surface area contributed by atoms with Crippen molar-refractivity contribution in [2.24, 2.45) is 0 Å². The summed E-state index contributed by atoms with van der Waals surface area (Å²) in [5.74, 6) is 1.69. The van der Waals surface area contributed by atoms with Crippen LogP contribution in [0.1, 0.15) is 36.1 Å². The van der Waals surface area contributed by atoms with Crippen molar-refractivity contribution >= 4 is 41.1 Å². The van der Waals surface area contributed by atoms with Crippen LogP contribution in [0.15, 0.2) is 48.7 Å². The summed E-state index contributed by atoms with van der Waals surface area (Å²) < 4.78 is 14.4. The lowest BCUT2D eigenvalue weighted by molar-refractivity contribution is 0.294. The second kappa shape index (κ2) is 11.5. The van der Waals surface area contributed by atoms with Crippen molar-refractivity contribution in [1.82, 2.24) is 9.97 Å². The highest BCUT2D eigenvalue weighted by Crippen LogP contribution is 2.38. The van der Waals surface area contributed by atoms with Gasteiger partial charge in [-0.25, -0.2) is 4.98 Å². The minimum Gasteiger partial charge on any atom is -0.489 e. The summed E-state index contributed by atoms with van der Waals surface area (Å²) in [6, 6.07) is 15.7. The van der Waals surface area contributed by atoms with Gasteiger partial charge in [-0.05, 0) is 28.8 Å². The largest absolute Gasteiger partial charge is 0.489 e. The first-order valence-electron chi connectivity index (χ1n) is 10.2. The summed E-state index contributed by atoms with van der Waals surface area (Å²) in [7, 11) is 0. The Morgan fingerprint density at radius 2 is 1.88 bits per heavy atom. The molecule has 2 aromatic carbocycles. The minimum absolute atomic E-state index is 0.284. The number of rotatable bonds is 10. The average molecular weight is 503 g/mol. The van der Waals surface area contributed by atoms with Crippen LogP contribution in [0.25, 0.3) is 0 Å². The molecule has 0 spiro atoms. The average Bonchev–Trinajstić information content (AvgIpc) is 2.82. The second-order valence-corrected chi connectivity index (χ2v) is 9.02. The predicted molar refractivity (Wildman–Crippen MR) is 134 cm³/mol. The number of alkyl halides is 1. The number of nitrogens with one attached hydrogen (secondary N) is 1. The van der Waals surface area contributed by atoms with Crippen LogP contribution in [0, 0.1) is 11.3 Å². The van der Waals surface area contributed by atoms with Gasteiger partial charge in [0.25, 0.3) is 0 Å². The molecule has 9 heteroatoms. The molecule has 0 bridgehead atoms. The van der Waals surface area contributed by atoms with Crippen LogP contribution in [0.4, 0.5) is 5.95 Å². The van der Waals surface area contributed by atoms with Crippen LogP contribution in [-0.2, 0) is 12.0 Å². The highest BCUT2D eigenvalue weighted by atomic mass is 35.5. The first kappa shape index (κ1) is 25.0. The third-order valence-corrected chi connectivity index (χ3v) is 5.92. The Kier molecular flexibility index (Phi) is 8.67. The molecule has 0 amide bonds. The van der Waals surface area contributed by atoms with E-state index in [1.54, 1.807) is 12.3 Å². The van der Waals surface area contributed by atoms with Gasteiger partial charge in [0.2, 0.25) is 11.8 Å². The third kappa shape index (κ3) is 6.23. The van der Waals surface area contributed by atoms with E-state index in [1.165, 1.54) is 11.9 Å². The van der Waals surface area contributed by atoms with Crippen molar-refractivity contribution in [1.29, 1.82) is 5.26 Å². The van der Waals surface area contributed by atoms with Gasteiger partial charge in [0, 0.05) is 23.9 Å². The van der Waals surface area contributed by atoms with E-state index in [2.05, 4.69) is 46.7 Å². The molecular formula is C24H24Cl2N4O2S. The molecule has 0 saturated heterocycles. The van der Waals surface area contributed by atoms with E-state index in [1.807, 2.05) is 30.5 Å². The highest BCUT2D eigenvalue weighted by Gasteiger charge is 2.26. The van der Waals surface area contributed by atoms with Gasteiger partial charge in [0.05, 0.1) is 16.5 Å². The van der Waals surface area contributed by atoms with Crippen molar-refractivity contribution in [3.63, 3.8) is 0 Å². The summed E-state index contributed by atoms with van der Waals surface area (Å²) >= 11 is 13.6. The number of benzene rings is 2. The molecule has 1 aromatic heterocycles. The SMILES string of the molecule is CSNc1nccc(OCc2ccc(C(C)(C)c3cc(Cl)c(OCCCl)c(C#N)c3)cc2)n1. The first-order valence-corrected chi connectivity index (χ1v) is 12.3. The molecule has 172 valence electrons. The van der Waals surface area contributed by atoms with E-state index < -0.39 is 0 Å². The predicted octanol–water partition coefficient (Wildman–Crippen LogP) is 6.21. The smallest absolute Gasteiger partial charge is 0.236 e. The van der Waals surface area contributed by atoms with Crippen molar-refractivity contribution < 1.29 is 9.47 Å². The molecule has 0 radical (unpaired) electrons. The maximum Gasteiger partial charge on any atom is 0.236 e. The van der Waals surface area contributed by atoms with E-state index in [9.17, 15) is 5.26 Å². The van der Waals surface area contributed by atoms with Gasteiger partial charge in [-0.15, -0.1) is 11.6 Å². The topological polar surface area (TPSA) is 80.1 Å². The number of aromatic nitrogens is 2. The molecule has 3 aromatic rings. The maximum atomic E-state index is 9.59. The van der Waals surface area contributed by atoms with Crippen LogP contribution in [0.5, 0.6) is 11.6 Å². The molecule has 1 heterocycles. The number of ether oxygens (including phenoxy) is 2. The molecule has 0 atom stereocenters. The lowest BCUT2D eigenvalue weighted by Crippen LogP contribution is -2.19. The number of anilines is 1. The fourth-order valence-electron chi connectivity index (χ4n) is 3.23. The van der Waals surface area contributed by atoms with Crippen molar-refractivity contribution in [3.05, 3.63) is 75.9 Å². The monoisotopic (exact) mass is 502 g/mol. The summed E-state index contributed by atoms with van der Waals surface area (Å²) in [5, 5.41) is 9.99. The van der Waals surface area contributed by atoms with Gasteiger partial charge >= 0.3 is 0 Å².